The highest BCUT2D eigenvalue weighted by Crippen LogP contribution is 2.12. The Morgan fingerprint density at radius 2 is 2.05 bits per heavy atom. The first-order valence-corrected chi connectivity index (χ1v) is 7.17. The first-order chi connectivity index (χ1) is 9.19. The second-order valence-electron chi connectivity index (χ2n) is 5.06. The first-order valence-electron chi connectivity index (χ1n) is 6.79. The van der Waals surface area contributed by atoms with Crippen LogP contribution in [0.3, 0.4) is 0 Å². The van der Waals surface area contributed by atoms with Gasteiger partial charge in [-0.3, -0.25) is 4.90 Å². The van der Waals surface area contributed by atoms with Gasteiger partial charge in [0.2, 0.25) is 0 Å². The highest BCUT2D eigenvalue weighted by atomic mass is 35.5. The van der Waals surface area contributed by atoms with Gasteiger partial charge in [0.25, 0.3) is 0 Å². The topological polar surface area (TPSA) is 30.3 Å². The zero-order valence-corrected chi connectivity index (χ0v) is 12.1. The molecule has 1 aliphatic rings. The fourth-order valence-corrected chi connectivity index (χ4v) is 2.65. The van der Waals surface area contributed by atoms with Crippen LogP contribution >= 0.6 is 11.6 Å². The van der Waals surface area contributed by atoms with Crippen molar-refractivity contribution >= 4 is 11.6 Å². The quantitative estimate of drug-likeness (QED) is 0.847. The number of rotatable bonds is 4. The third-order valence-electron chi connectivity index (χ3n) is 3.75. The Morgan fingerprint density at radius 1 is 1.32 bits per heavy atom. The van der Waals surface area contributed by atoms with Crippen LogP contribution in [0.4, 0.5) is 0 Å². The summed E-state index contributed by atoms with van der Waals surface area (Å²) in [5, 5.41) is 9.72. The molecule has 0 saturated carbocycles. The van der Waals surface area contributed by atoms with Crippen molar-refractivity contribution in [3.8, 4) is 6.07 Å². The summed E-state index contributed by atoms with van der Waals surface area (Å²) < 4.78 is 0. The maximum Gasteiger partial charge on any atom is 0.0950 e. The summed E-state index contributed by atoms with van der Waals surface area (Å²) in [5.74, 6) is 0. The molecule has 0 radical (unpaired) electrons. The van der Waals surface area contributed by atoms with E-state index in [4.69, 9.17) is 16.9 Å². The van der Waals surface area contributed by atoms with Gasteiger partial charge < -0.3 is 4.90 Å². The molecule has 0 aromatic heterocycles. The van der Waals surface area contributed by atoms with Gasteiger partial charge >= 0.3 is 0 Å². The number of hydrogen-bond donors (Lipinski definition) is 0. The fraction of sp³-hybridized carbons (Fsp3) is 0.533. The average molecular weight is 278 g/mol. The van der Waals surface area contributed by atoms with Crippen molar-refractivity contribution in [3.63, 3.8) is 0 Å². The third-order valence-corrected chi connectivity index (χ3v) is 3.98. The van der Waals surface area contributed by atoms with Crippen molar-refractivity contribution in [3.05, 3.63) is 34.9 Å². The number of nitrogens with zero attached hydrogens (tertiary/aromatic N) is 3. The predicted molar refractivity (Wildman–Crippen MR) is 78.2 cm³/mol. The van der Waals surface area contributed by atoms with Crippen LogP contribution in [-0.2, 0) is 6.42 Å². The highest BCUT2D eigenvalue weighted by molar-refractivity contribution is 6.30. The molecule has 0 amide bonds. The molecule has 102 valence electrons. The van der Waals surface area contributed by atoms with Gasteiger partial charge in [0.1, 0.15) is 0 Å². The van der Waals surface area contributed by atoms with Crippen molar-refractivity contribution in [2.75, 3.05) is 32.7 Å². The monoisotopic (exact) mass is 277 g/mol. The third kappa shape index (κ3) is 4.21. The lowest BCUT2D eigenvalue weighted by Gasteiger charge is -2.35. The Kier molecular flexibility index (Phi) is 5.21. The van der Waals surface area contributed by atoms with Gasteiger partial charge in [-0.25, -0.2) is 0 Å². The van der Waals surface area contributed by atoms with E-state index in [0.29, 0.717) is 0 Å². The summed E-state index contributed by atoms with van der Waals surface area (Å²) in [5.41, 5.74) is 1.29. The number of benzene rings is 1. The van der Waals surface area contributed by atoms with Crippen LogP contribution in [0.15, 0.2) is 24.3 Å². The van der Waals surface area contributed by atoms with Crippen molar-refractivity contribution in [2.24, 2.45) is 0 Å². The summed E-state index contributed by atoms with van der Waals surface area (Å²) in [6.07, 6.45) is 1.04. The minimum atomic E-state index is 0.0371. The molecule has 0 spiro atoms. The van der Waals surface area contributed by atoms with Gasteiger partial charge in [0.15, 0.2) is 0 Å². The van der Waals surface area contributed by atoms with Gasteiger partial charge in [0, 0.05) is 37.7 Å². The van der Waals surface area contributed by atoms with E-state index in [1.807, 2.05) is 25.1 Å². The maximum absolute atomic E-state index is 8.91. The zero-order valence-electron chi connectivity index (χ0n) is 11.3. The Morgan fingerprint density at radius 3 is 2.68 bits per heavy atom. The van der Waals surface area contributed by atoms with Gasteiger partial charge in [-0.1, -0.05) is 23.7 Å². The Hall–Kier alpha value is -1.08. The summed E-state index contributed by atoms with van der Waals surface area (Å²) in [4.78, 5) is 4.71. The molecule has 19 heavy (non-hydrogen) atoms. The van der Waals surface area contributed by atoms with E-state index in [-0.39, 0.29) is 6.04 Å². The van der Waals surface area contributed by atoms with Crippen molar-refractivity contribution in [1.29, 1.82) is 5.26 Å². The summed E-state index contributed by atoms with van der Waals surface area (Å²) in [6, 6.07) is 10.4. The molecule has 1 atom stereocenters. The molecule has 0 bridgehead atoms. The molecular weight excluding hydrogens is 258 g/mol. The average Bonchev–Trinajstić information content (AvgIpc) is 2.45. The van der Waals surface area contributed by atoms with Crippen LogP contribution < -0.4 is 0 Å². The number of nitriles is 1. The van der Waals surface area contributed by atoms with Crippen LogP contribution in [0.1, 0.15) is 12.5 Å². The van der Waals surface area contributed by atoms with E-state index in [2.05, 4.69) is 21.9 Å². The minimum Gasteiger partial charge on any atom is -0.300 e. The molecule has 1 aliphatic heterocycles. The van der Waals surface area contributed by atoms with Gasteiger partial charge in [-0.05, 0) is 31.0 Å². The van der Waals surface area contributed by atoms with Crippen LogP contribution in [0.2, 0.25) is 5.02 Å². The van der Waals surface area contributed by atoms with Crippen molar-refractivity contribution < 1.29 is 0 Å². The van der Waals surface area contributed by atoms with Crippen LogP contribution in [0, 0.1) is 11.3 Å². The largest absolute Gasteiger partial charge is 0.300 e. The summed E-state index contributed by atoms with van der Waals surface area (Å²) in [6.45, 7) is 7.12. The molecule has 0 N–H and O–H groups in total. The van der Waals surface area contributed by atoms with Crippen molar-refractivity contribution in [2.45, 2.75) is 19.4 Å². The van der Waals surface area contributed by atoms with Gasteiger partial charge in [-0.2, -0.15) is 5.26 Å². The number of piperazine rings is 1. The second kappa shape index (κ2) is 6.91. The van der Waals surface area contributed by atoms with E-state index < -0.39 is 0 Å². The Bertz CT molecular complexity index is 447. The molecule has 1 saturated heterocycles. The maximum atomic E-state index is 8.91. The molecule has 1 unspecified atom stereocenters. The predicted octanol–water partition coefficient (Wildman–Crippen LogP) is 2.41. The standard InChI is InChI=1S/C15H20ClN3/c1-13(12-17)19-9-7-18(8-10-19)6-5-14-3-2-4-15(16)11-14/h2-4,11,13H,5-10H2,1H3. The van der Waals surface area contributed by atoms with Gasteiger partial charge in [0.05, 0.1) is 12.1 Å². The van der Waals surface area contributed by atoms with Crippen LogP contribution in [-0.4, -0.2) is 48.6 Å². The number of hydrogen-bond acceptors (Lipinski definition) is 3. The first kappa shape index (κ1) is 14.3. The SMILES string of the molecule is CC(C#N)N1CCN(CCc2cccc(Cl)c2)CC1. The zero-order chi connectivity index (χ0) is 13.7. The van der Waals surface area contributed by atoms with E-state index in [0.717, 1.165) is 44.2 Å². The van der Waals surface area contributed by atoms with E-state index in [1.165, 1.54) is 5.56 Å². The molecular formula is C15H20ClN3. The van der Waals surface area contributed by atoms with E-state index in [1.54, 1.807) is 0 Å². The fourth-order valence-electron chi connectivity index (χ4n) is 2.44. The molecule has 1 aromatic rings. The molecule has 3 nitrogen and oxygen atoms in total. The number of halogens is 1. The Labute approximate surface area is 120 Å². The molecule has 2 rings (SSSR count). The molecule has 4 heteroatoms. The highest BCUT2D eigenvalue weighted by Gasteiger charge is 2.20. The van der Waals surface area contributed by atoms with Gasteiger partial charge in [-0.15, -0.1) is 0 Å². The van der Waals surface area contributed by atoms with Crippen molar-refractivity contribution in [1.82, 2.24) is 9.80 Å². The normalized spacial score (nSPS) is 19.0. The molecule has 0 aliphatic carbocycles. The summed E-state index contributed by atoms with van der Waals surface area (Å²) >= 11 is 5.99. The smallest absolute Gasteiger partial charge is 0.0950 e. The van der Waals surface area contributed by atoms with Crippen LogP contribution in [0.5, 0.6) is 0 Å². The lowest BCUT2D eigenvalue weighted by Crippen LogP contribution is -2.49. The molecule has 1 fully saturated rings. The summed E-state index contributed by atoms with van der Waals surface area (Å²) in [7, 11) is 0. The molecule has 1 heterocycles. The van der Waals surface area contributed by atoms with E-state index >= 15 is 0 Å². The Balaban J connectivity index is 1.76. The van der Waals surface area contributed by atoms with E-state index in [9.17, 15) is 0 Å². The second-order valence-corrected chi connectivity index (χ2v) is 5.50. The van der Waals surface area contributed by atoms with Crippen LogP contribution in [0.25, 0.3) is 0 Å². The molecule has 1 aromatic carbocycles. The lowest BCUT2D eigenvalue weighted by atomic mass is 10.1. The minimum absolute atomic E-state index is 0.0371. The lowest BCUT2D eigenvalue weighted by molar-refractivity contribution is 0.120.